The molecule has 0 aromatic carbocycles. The second-order valence-electron chi connectivity index (χ2n) is 4.18. The van der Waals surface area contributed by atoms with Gasteiger partial charge < -0.3 is 5.32 Å². The summed E-state index contributed by atoms with van der Waals surface area (Å²) in [6.45, 7) is 7.16. The molecule has 1 heterocycles. The summed E-state index contributed by atoms with van der Waals surface area (Å²) in [5.41, 5.74) is 0. The molecule has 0 aromatic rings. The lowest BCUT2D eigenvalue weighted by molar-refractivity contribution is 0.377. The monoisotopic (exact) mass is 155 g/mol. The van der Waals surface area contributed by atoms with Crippen molar-refractivity contribution in [2.24, 2.45) is 11.8 Å². The van der Waals surface area contributed by atoms with E-state index in [4.69, 9.17) is 0 Å². The van der Waals surface area contributed by atoms with Gasteiger partial charge in [-0.1, -0.05) is 13.8 Å². The van der Waals surface area contributed by atoms with Gasteiger partial charge in [-0.15, -0.1) is 0 Å². The highest BCUT2D eigenvalue weighted by atomic mass is 14.8. The summed E-state index contributed by atoms with van der Waals surface area (Å²) in [6.07, 6.45) is 5.67. The van der Waals surface area contributed by atoms with Crippen LogP contribution in [0, 0.1) is 11.8 Å². The Morgan fingerprint density at radius 1 is 1.27 bits per heavy atom. The van der Waals surface area contributed by atoms with Crippen molar-refractivity contribution in [1.29, 1.82) is 0 Å². The molecule has 1 unspecified atom stereocenters. The van der Waals surface area contributed by atoms with Gasteiger partial charge in [-0.25, -0.2) is 0 Å². The summed E-state index contributed by atoms with van der Waals surface area (Å²) in [7, 11) is 0. The molecule has 0 aromatic heterocycles. The molecule has 11 heavy (non-hydrogen) atoms. The molecule has 1 N–H and O–H groups in total. The van der Waals surface area contributed by atoms with E-state index in [1.165, 1.54) is 38.8 Å². The Hall–Kier alpha value is -0.0400. The Bertz CT molecular complexity index is 91.0. The molecule has 1 fully saturated rings. The first-order valence-corrected chi connectivity index (χ1v) is 4.99. The summed E-state index contributed by atoms with van der Waals surface area (Å²) < 4.78 is 0. The Labute approximate surface area is 70.6 Å². The SMILES string of the molecule is CC(C)CC1CCCNCC1. The van der Waals surface area contributed by atoms with Crippen molar-refractivity contribution in [2.75, 3.05) is 13.1 Å². The minimum Gasteiger partial charge on any atom is -0.317 e. The zero-order chi connectivity index (χ0) is 8.10. The fourth-order valence-corrected chi connectivity index (χ4v) is 1.99. The van der Waals surface area contributed by atoms with E-state index in [-0.39, 0.29) is 0 Å². The van der Waals surface area contributed by atoms with Crippen LogP contribution >= 0.6 is 0 Å². The molecular weight excluding hydrogens is 134 g/mol. The number of hydrogen-bond donors (Lipinski definition) is 1. The maximum Gasteiger partial charge on any atom is -0.00463 e. The predicted molar refractivity (Wildman–Crippen MR) is 49.7 cm³/mol. The Morgan fingerprint density at radius 3 is 2.82 bits per heavy atom. The minimum absolute atomic E-state index is 0.887. The van der Waals surface area contributed by atoms with Crippen LogP contribution in [-0.2, 0) is 0 Å². The van der Waals surface area contributed by atoms with Crippen LogP contribution in [0.5, 0.6) is 0 Å². The molecule has 0 spiro atoms. The van der Waals surface area contributed by atoms with Gasteiger partial charge in [0.15, 0.2) is 0 Å². The van der Waals surface area contributed by atoms with Crippen molar-refractivity contribution in [3.63, 3.8) is 0 Å². The van der Waals surface area contributed by atoms with E-state index in [1.54, 1.807) is 0 Å². The minimum atomic E-state index is 0.887. The molecular formula is C10H21N. The fourth-order valence-electron chi connectivity index (χ4n) is 1.99. The lowest BCUT2D eigenvalue weighted by Crippen LogP contribution is -2.14. The van der Waals surface area contributed by atoms with E-state index in [9.17, 15) is 0 Å². The molecule has 0 radical (unpaired) electrons. The number of rotatable bonds is 2. The highest BCUT2D eigenvalue weighted by Crippen LogP contribution is 2.21. The Kier molecular flexibility index (Phi) is 3.92. The van der Waals surface area contributed by atoms with Gasteiger partial charge in [0.25, 0.3) is 0 Å². The van der Waals surface area contributed by atoms with Crippen LogP contribution in [0.2, 0.25) is 0 Å². The second-order valence-corrected chi connectivity index (χ2v) is 4.18. The second kappa shape index (κ2) is 4.76. The van der Waals surface area contributed by atoms with Crippen molar-refractivity contribution in [1.82, 2.24) is 5.32 Å². The van der Waals surface area contributed by atoms with Gasteiger partial charge in [-0.3, -0.25) is 0 Å². The lowest BCUT2D eigenvalue weighted by Gasteiger charge is -2.15. The topological polar surface area (TPSA) is 12.0 Å². The van der Waals surface area contributed by atoms with E-state index in [1.807, 2.05) is 0 Å². The van der Waals surface area contributed by atoms with Crippen LogP contribution in [0.15, 0.2) is 0 Å². The average molecular weight is 155 g/mol. The molecule has 1 heteroatoms. The molecule has 1 atom stereocenters. The summed E-state index contributed by atoms with van der Waals surface area (Å²) in [4.78, 5) is 0. The largest absolute Gasteiger partial charge is 0.317 e. The zero-order valence-electron chi connectivity index (χ0n) is 7.90. The van der Waals surface area contributed by atoms with Crippen molar-refractivity contribution < 1.29 is 0 Å². The molecule has 1 rings (SSSR count). The Morgan fingerprint density at radius 2 is 2.09 bits per heavy atom. The van der Waals surface area contributed by atoms with E-state index in [0.717, 1.165) is 11.8 Å². The van der Waals surface area contributed by atoms with Crippen molar-refractivity contribution in [3.05, 3.63) is 0 Å². The average Bonchev–Trinajstić information content (AvgIpc) is 2.14. The van der Waals surface area contributed by atoms with Gasteiger partial charge in [0.1, 0.15) is 0 Å². The number of nitrogens with one attached hydrogen (secondary N) is 1. The van der Waals surface area contributed by atoms with Crippen molar-refractivity contribution in [3.8, 4) is 0 Å². The van der Waals surface area contributed by atoms with Gasteiger partial charge in [-0.05, 0) is 50.6 Å². The van der Waals surface area contributed by atoms with E-state index >= 15 is 0 Å². The first-order chi connectivity index (χ1) is 5.29. The van der Waals surface area contributed by atoms with Crippen LogP contribution in [-0.4, -0.2) is 13.1 Å². The van der Waals surface area contributed by atoms with Crippen LogP contribution < -0.4 is 5.32 Å². The predicted octanol–water partition coefficient (Wildman–Crippen LogP) is 2.42. The van der Waals surface area contributed by atoms with Gasteiger partial charge in [0.2, 0.25) is 0 Å². The van der Waals surface area contributed by atoms with Crippen LogP contribution in [0.4, 0.5) is 0 Å². The van der Waals surface area contributed by atoms with Gasteiger partial charge in [0.05, 0.1) is 0 Å². The molecule has 1 nitrogen and oxygen atoms in total. The smallest absolute Gasteiger partial charge is 0.00463 e. The number of hydrogen-bond acceptors (Lipinski definition) is 1. The van der Waals surface area contributed by atoms with Crippen molar-refractivity contribution in [2.45, 2.75) is 39.5 Å². The Balaban J connectivity index is 2.20. The van der Waals surface area contributed by atoms with Crippen molar-refractivity contribution >= 4 is 0 Å². The standard InChI is InChI=1S/C10H21N/c1-9(2)8-10-4-3-6-11-7-5-10/h9-11H,3-8H2,1-2H3. The maximum absolute atomic E-state index is 3.45. The molecule has 1 aliphatic rings. The summed E-state index contributed by atoms with van der Waals surface area (Å²) in [5.74, 6) is 1.89. The highest BCUT2D eigenvalue weighted by Gasteiger charge is 2.12. The summed E-state index contributed by atoms with van der Waals surface area (Å²) >= 11 is 0. The molecule has 0 amide bonds. The molecule has 0 saturated carbocycles. The molecule has 1 aliphatic heterocycles. The first-order valence-electron chi connectivity index (χ1n) is 4.99. The third-order valence-electron chi connectivity index (χ3n) is 2.50. The molecule has 1 saturated heterocycles. The van der Waals surface area contributed by atoms with Crippen LogP contribution in [0.3, 0.4) is 0 Å². The van der Waals surface area contributed by atoms with E-state index in [0.29, 0.717) is 0 Å². The van der Waals surface area contributed by atoms with Crippen LogP contribution in [0.25, 0.3) is 0 Å². The van der Waals surface area contributed by atoms with E-state index < -0.39 is 0 Å². The lowest BCUT2D eigenvalue weighted by atomic mass is 9.91. The summed E-state index contributed by atoms with van der Waals surface area (Å²) in [5, 5.41) is 3.45. The van der Waals surface area contributed by atoms with Crippen LogP contribution in [0.1, 0.15) is 39.5 Å². The van der Waals surface area contributed by atoms with Gasteiger partial charge in [-0.2, -0.15) is 0 Å². The third-order valence-corrected chi connectivity index (χ3v) is 2.50. The quantitative estimate of drug-likeness (QED) is 0.646. The normalized spacial score (nSPS) is 27.0. The molecule has 0 bridgehead atoms. The molecule has 66 valence electrons. The van der Waals surface area contributed by atoms with E-state index in [2.05, 4.69) is 19.2 Å². The van der Waals surface area contributed by atoms with Gasteiger partial charge >= 0.3 is 0 Å². The zero-order valence-corrected chi connectivity index (χ0v) is 7.90. The summed E-state index contributed by atoms with van der Waals surface area (Å²) in [6, 6.07) is 0. The molecule has 0 aliphatic carbocycles. The maximum atomic E-state index is 3.45. The fraction of sp³-hybridized carbons (Fsp3) is 1.00. The van der Waals surface area contributed by atoms with Gasteiger partial charge in [0, 0.05) is 0 Å². The third kappa shape index (κ3) is 3.76. The highest BCUT2D eigenvalue weighted by molar-refractivity contribution is 4.67. The first kappa shape index (κ1) is 9.05.